The monoisotopic (exact) mass is 323 g/mol. The predicted molar refractivity (Wildman–Crippen MR) is 83.5 cm³/mol. The molecule has 1 aromatic carbocycles. The van der Waals surface area contributed by atoms with Gasteiger partial charge in [0.2, 0.25) is 0 Å². The minimum Gasteiger partial charge on any atom is -0.496 e. The van der Waals surface area contributed by atoms with E-state index < -0.39 is 0 Å². The van der Waals surface area contributed by atoms with E-state index in [-0.39, 0.29) is 6.04 Å². The molecule has 19 heavy (non-hydrogen) atoms. The van der Waals surface area contributed by atoms with Gasteiger partial charge in [0.1, 0.15) is 5.75 Å². The van der Waals surface area contributed by atoms with E-state index in [4.69, 9.17) is 10.5 Å². The fourth-order valence-corrected chi connectivity index (χ4v) is 3.23. The molecule has 1 aliphatic rings. The second-order valence-electron chi connectivity index (χ2n) is 5.25. The van der Waals surface area contributed by atoms with E-state index in [0.29, 0.717) is 0 Å². The average molecular weight is 324 g/mol. The van der Waals surface area contributed by atoms with Crippen LogP contribution in [-0.4, -0.2) is 13.2 Å². The zero-order valence-corrected chi connectivity index (χ0v) is 13.1. The van der Waals surface area contributed by atoms with Crippen LogP contribution >= 0.6 is 15.9 Å². The van der Waals surface area contributed by atoms with Crippen molar-refractivity contribution >= 4 is 15.9 Å². The topological polar surface area (TPSA) is 35.2 Å². The van der Waals surface area contributed by atoms with Gasteiger partial charge >= 0.3 is 0 Å². The van der Waals surface area contributed by atoms with Crippen molar-refractivity contribution in [1.82, 2.24) is 0 Å². The number of hydrogen-bond acceptors (Lipinski definition) is 2. The third-order valence-corrected chi connectivity index (χ3v) is 4.24. The molecule has 0 aromatic heterocycles. The summed E-state index contributed by atoms with van der Waals surface area (Å²) in [5, 5.41) is 0. The van der Waals surface area contributed by atoms with Gasteiger partial charge in [0.15, 0.2) is 0 Å². The number of allylic oxidation sites excluding steroid dienone is 1. The van der Waals surface area contributed by atoms with E-state index in [2.05, 4.69) is 34.1 Å². The maximum Gasteiger partial charge on any atom is 0.133 e. The van der Waals surface area contributed by atoms with Crippen molar-refractivity contribution in [2.24, 2.45) is 5.73 Å². The van der Waals surface area contributed by atoms with Gasteiger partial charge in [0.25, 0.3) is 0 Å². The highest BCUT2D eigenvalue weighted by Crippen LogP contribution is 2.27. The highest BCUT2D eigenvalue weighted by atomic mass is 79.9. The summed E-state index contributed by atoms with van der Waals surface area (Å²) in [5.41, 5.74) is 9.08. The van der Waals surface area contributed by atoms with Crippen LogP contribution in [0.15, 0.2) is 34.3 Å². The van der Waals surface area contributed by atoms with E-state index in [1.54, 1.807) is 12.7 Å². The van der Waals surface area contributed by atoms with Crippen molar-refractivity contribution < 1.29 is 4.74 Å². The standard InChI is InChI=1S/C16H22BrNO/c1-19-16-8-7-13(11-15(16)17)10-14(18)9-12-5-3-2-4-6-12/h5,7-8,11,14H,2-4,6,9-10,18H2,1H3. The minimum atomic E-state index is 0.213. The first-order valence-corrected chi connectivity index (χ1v) is 7.74. The molecule has 2 N–H and O–H groups in total. The van der Waals surface area contributed by atoms with Gasteiger partial charge in [-0.25, -0.2) is 0 Å². The molecule has 0 radical (unpaired) electrons. The Morgan fingerprint density at radius 1 is 1.32 bits per heavy atom. The molecule has 0 amide bonds. The normalized spacial score (nSPS) is 16.9. The molecule has 2 rings (SSSR count). The molecule has 1 unspecified atom stereocenters. The third kappa shape index (κ3) is 4.36. The van der Waals surface area contributed by atoms with Gasteiger partial charge in [-0.05, 0) is 72.2 Å². The molecule has 0 heterocycles. The lowest BCUT2D eigenvalue weighted by atomic mass is 9.92. The highest BCUT2D eigenvalue weighted by Gasteiger charge is 2.11. The fraction of sp³-hybridized carbons (Fsp3) is 0.500. The summed E-state index contributed by atoms with van der Waals surface area (Å²) in [4.78, 5) is 0. The molecule has 0 spiro atoms. The van der Waals surface area contributed by atoms with Crippen molar-refractivity contribution in [3.63, 3.8) is 0 Å². The van der Waals surface area contributed by atoms with E-state index in [9.17, 15) is 0 Å². The van der Waals surface area contributed by atoms with Gasteiger partial charge in [-0.15, -0.1) is 0 Å². The van der Waals surface area contributed by atoms with Crippen LogP contribution in [-0.2, 0) is 6.42 Å². The largest absolute Gasteiger partial charge is 0.496 e. The van der Waals surface area contributed by atoms with Crippen molar-refractivity contribution in [2.45, 2.75) is 44.6 Å². The van der Waals surface area contributed by atoms with E-state index in [0.717, 1.165) is 23.1 Å². The summed E-state index contributed by atoms with van der Waals surface area (Å²) in [6, 6.07) is 6.41. The lowest BCUT2D eigenvalue weighted by Gasteiger charge is -2.17. The Kier molecular flexibility index (Phi) is 5.46. The van der Waals surface area contributed by atoms with Gasteiger partial charge in [-0.2, -0.15) is 0 Å². The first kappa shape index (κ1) is 14.6. The van der Waals surface area contributed by atoms with Crippen molar-refractivity contribution in [3.05, 3.63) is 39.9 Å². The molecule has 0 fully saturated rings. The number of benzene rings is 1. The lowest BCUT2D eigenvalue weighted by molar-refractivity contribution is 0.412. The molecule has 104 valence electrons. The summed E-state index contributed by atoms with van der Waals surface area (Å²) >= 11 is 3.52. The van der Waals surface area contributed by atoms with Crippen molar-refractivity contribution in [2.75, 3.05) is 7.11 Å². The molecule has 0 saturated heterocycles. The van der Waals surface area contributed by atoms with Crippen LogP contribution in [0.2, 0.25) is 0 Å². The average Bonchev–Trinajstić information content (AvgIpc) is 2.40. The summed E-state index contributed by atoms with van der Waals surface area (Å²) in [6.07, 6.45) is 9.46. The zero-order valence-electron chi connectivity index (χ0n) is 11.5. The van der Waals surface area contributed by atoms with Crippen LogP contribution in [0.4, 0.5) is 0 Å². The molecule has 0 saturated carbocycles. The van der Waals surface area contributed by atoms with Crippen LogP contribution in [0.3, 0.4) is 0 Å². The van der Waals surface area contributed by atoms with Gasteiger partial charge in [0.05, 0.1) is 11.6 Å². The Balaban J connectivity index is 1.92. The zero-order chi connectivity index (χ0) is 13.7. The Morgan fingerprint density at radius 2 is 2.16 bits per heavy atom. The Labute approximate surface area is 124 Å². The van der Waals surface area contributed by atoms with E-state index in [1.807, 2.05) is 6.07 Å². The van der Waals surface area contributed by atoms with Gasteiger partial charge < -0.3 is 10.5 Å². The predicted octanol–water partition coefficient (Wildman–Crippen LogP) is 4.22. The number of rotatable bonds is 5. The van der Waals surface area contributed by atoms with Gasteiger partial charge in [-0.1, -0.05) is 17.7 Å². The Morgan fingerprint density at radius 3 is 2.79 bits per heavy atom. The highest BCUT2D eigenvalue weighted by molar-refractivity contribution is 9.10. The number of nitrogens with two attached hydrogens (primary N) is 1. The Bertz CT molecular complexity index is 456. The second-order valence-corrected chi connectivity index (χ2v) is 6.10. The first-order chi connectivity index (χ1) is 9.19. The smallest absolute Gasteiger partial charge is 0.133 e. The summed E-state index contributed by atoms with van der Waals surface area (Å²) in [5.74, 6) is 0.868. The van der Waals surface area contributed by atoms with Gasteiger partial charge in [0, 0.05) is 6.04 Å². The van der Waals surface area contributed by atoms with E-state index >= 15 is 0 Å². The first-order valence-electron chi connectivity index (χ1n) is 6.95. The quantitative estimate of drug-likeness (QED) is 0.823. The van der Waals surface area contributed by atoms with E-state index in [1.165, 1.54) is 31.2 Å². The summed E-state index contributed by atoms with van der Waals surface area (Å²) in [6.45, 7) is 0. The molecule has 1 aliphatic carbocycles. The van der Waals surface area contributed by atoms with Gasteiger partial charge in [-0.3, -0.25) is 0 Å². The molecule has 3 heteroatoms. The fourth-order valence-electron chi connectivity index (χ4n) is 2.64. The SMILES string of the molecule is COc1ccc(CC(N)CC2=CCCCC2)cc1Br. The Hall–Kier alpha value is -0.800. The molecular formula is C16H22BrNO. The number of halogens is 1. The number of hydrogen-bond donors (Lipinski definition) is 1. The van der Waals surface area contributed by atoms with Crippen LogP contribution in [0.5, 0.6) is 5.75 Å². The molecule has 0 aliphatic heterocycles. The summed E-state index contributed by atoms with van der Waals surface area (Å²) in [7, 11) is 1.68. The maximum atomic E-state index is 6.27. The summed E-state index contributed by atoms with van der Waals surface area (Å²) < 4.78 is 6.24. The minimum absolute atomic E-state index is 0.213. The van der Waals surface area contributed by atoms with Crippen LogP contribution < -0.4 is 10.5 Å². The number of methoxy groups -OCH3 is 1. The van der Waals surface area contributed by atoms with Crippen molar-refractivity contribution in [3.8, 4) is 5.75 Å². The maximum absolute atomic E-state index is 6.27. The lowest BCUT2D eigenvalue weighted by Crippen LogP contribution is -2.23. The molecule has 0 bridgehead atoms. The second kappa shape index (κ2) is 7.11. The molecule has 2 nitrogen and oxygen atoms in total. The number of ether oxygens (including phenoxy) is 1. The third-order valence-electron chi connectivity index (χ3n) is 3.62. The van der Waals surface area contributed by atoms with Crippen molar-refractivity contribution in [1.29, 1.82) is 0 Å². The van der Waals surface area contributed by atoms with Crippen LogP contribution in [0.1, 0.15) is 37.7 Å². The van der Waals surface area contributed by atoms with Crippen LogP contribution in [0, 0.1) is 0 Å². The molecule has 1 aromatic rings. The van der Waals surface area contributed by atoms with Crippen LogP contribution in [0.25, 0.3) is 0 Å². The molecule has 1 atom stereocenters. The molecular weight excluding hydrogens is 302 g/mol.